The maximum absolute atomic E-state index is 13.5. The van der Waals surface area contributed by atoms with E-state index in [0.29, 0.717) is 52.1 Å². The molecule has 0 atom stereocenters. The summed E-state index contributed by atoms with van der Waals surface area (Å²) in [5, 5.41) is 9.71. The molecule has 46 heavy (non-hydrogen) atoms. The first kappa shape index (κ1) is 33.2. The summed E-state index contributed by atoms with van der Waals surface area (Å²) in [5.74, 6) is 0.523. The van der Waals surface area contributed by atoms with Crippen molar-refractivity contribution in [2.45, 2.75) is 45.1 Å². The summed E-state index contributed by atoms with van der Waals surface area (Å²) in [4.78, 5) is 13.4. The van der Waals surface area contributed by atoms with Crippen molar-refractivity contribution in [2.24, 2.45) is 11.0 Å². The molecule has 3 aromatic carbocycles. The Morgan fingerprint density at radius 2 is 1.70 bits per heavy atom. The van der Waals surface area contributed by atoms with Gasteiger partial charge in [0.05, 0.1) is 31.9 Å². The van der Waals surface area contributed by atoms with E-state index in [0.717, 1.165) is 27.8 Å². The van der Waals surface area contributed by atoms with Gasteiger partial charge in [-0.25, -0.2) is 13.8 Å². The first-order valence-corrected chi connectivity index (χ1v) is 16.8. The molecule has 2 heterocycles. The van der Waals surface area contributed by atoms with Crippen LogP contribution in [0.25, 0.3) is 11.3 Å². The van der Waals surface area contributed by atoms with Gasteiger partial charge in [0.2, 0.25) is 15.9 Å². The molecule has 4 aromatic rings. The van der Waals surface area contributed by atoms with Crippen LogP contribution < -0.4 is 14.9 Å². The van der Waals surface area contributed by atoms with E-state index in [-0.39, 0.29) is 24.9 Å². The Balaban J connectivity index is 1.30. The molecule has 0 aliphatic carbocycles. The number of halogens is 1. The lowest BCUT2D eigenvalue weighted by Gasteiger charge is -2.31. The van der Waals surface area contributed by atoms with Crippen LogP contribution in [-0.4, -0.2) is 61.9 Å². The maximum atomic E-state index is 13.5. The molecule has 1 saturated heterocycles. The van der Waals surface area contributed by atoms with Gasteiger partial charge in [0.15, 0.2) is 11.5 Å². The number of ether oxygens (including phenoxy) is 2. The second-order valence-electron chi connectivity index (χ2n) is 11.4. The van der Waals surface area contributed by atoms with Gasteiger partial charge in [0.25, 0.3) is 0 Å². The number of carbonyl (C=O) groups is 1. The molecular formula is C34H38ClN5O5S. The van der Waals surface area contributed by atoms with Crippen LogP contribution in [0.4, 0.5) is 0 Å². The summed E-state index contributed by atoms with van der Waals surface area (Å²) in [5.41, 5.74) is 8.12. The lowest BCUT2D eigenvalue weighted by molar-refractivity contribution is -0.126. The van der Waals surface area contributed by atoms with Crippen LogP contribution in [0.5, 0.6) is 11.5 Å². The Morgan fingerprint density at radius 1 is 1.02 bits per heavy atom. The number of benzene rings is 3. The number of nitrogens with one attached hydrogen (secondary N) is 1. The van der Waals surface area contributed by atoms with Crippen molar-refractivity contribution in [2.75, 3.05) is 27.3 Å². The fourth-order valence-corrected chi connectivity index (χ4v) is 8.02. The molecule has 1 amide bonds. The van der Waals surface area contributed by atoms with Crippen molar-refractivity contribution in [3.8, 4) is 22.8 Å². The number of methoxy groups -OCH3 is 2. The monoisotopic (exact) mass is 663 g/mol. The maximum Gasteiger partial charge on any atom is 0.243 e. The van der Waals surface area contributed by atoms with E-state index < -0.39 is 10.0 Å². The predicted molar refractivity (Wildman–Crippen MR) is 179 cm³/mol. The van der Waals surface area contributed by atoms with Crippen molar-refractivity contribution < 1.29 is 22.7 Å². The standard InChI is InChI=1S/C34H38ClN5O5S/c1-22-16-23(2)33(24(3)17-22)46(42,43)40-14-12-25(13-15-40)34(41)37-36-19-28-21-39(20-27-8-6-7-9-29(27)35)38-32(28)26-10-11-30(44-4)31(18-26)45-5/h6-11,16-19,21,25H,12-15,20H2,1-5H3,(H,37,41)/b36-19+. The second kappa shape index (κ2) is 14.1. The lowest BCUT2D eigenvalue weighted by Crippen LogP contribution is -2.42. The summed E-state index contributed by atoms with van der Waals surface area (Å²) in [6.07, 6.45) is 4.19. The van der Waals surface area contributed by atoms with Gasteiger partial charge in [-0.1, -0.05) is 47.5 Å². The first-order valence-electron chi connectivity index (χ1n) is 15.0. The smallest absolute Gasteiger partial charge is 0.243 e. The molecule has 12 heteroatoms. The molecule has 1 aliphatic heterocycles. The molecule has 1 N–H and O–H groups in total. The van der Waals surface area contributed by atoms with Crippen molar-refractivity contribution in [3.63, 3.8) is 0 Å². The topological polar surface area (TPSA) is 115 Å². The Labute approximate surface area is 275 Å². The van der Waals surface area contributed by atoms with Crippen LogP contribution in [0.2, 0.25) is 5.02 Å². The van der Waals surface area contributed by atoms with E-state index in [1.807, 2.05) is 75.5 Å². The first-order chi connectivity index (χ1) is 22.0. The van der Waals surface area contributed by atoms with Crippen molar-refractivity contribution in [3.05, 3.63) is 93.6 Å². The zero-order valence-electron chi connectivity index (χ0n) is 26.6. The number of rotatable bonds is 10. The summed E-state index contributed by atoms with van der Waals surface area (Å²) < 4.78 is 41.1. The van der Waals surface area contributed by atoms with Crippen LogP contribution in [0.1, 0.15) is 40.7 Å². The molecule has 10 nitrogen and oxygen atoms in total. The minimum atomic E-state index is -3.67. The summed E-state index contributed by atoms with van der Waals surface area (Å²) >= 11 is 6.41. The highest BCUT2D eigenvalue weighted by Crippen LogP contribution is 2.33. The van der Waals surface area contributed by atoms with Gasteiger partial charge in [-0.2, -0.15) is 14.5 Å². The number of amides is 1. The molecular weight excluding hydrogens is 626 g/mol. The molecule has 0 radical (unpaired) electrons. The Bertz CT molecular complexity index is 1860. The normalized spacial score (nSPS) is 14.5. The third-order valence-electron chi connectivity index (χ3n) is 8.14. The van der Waals surface area contributed by atoms with E-state index in [1.165, 1.54) is 4.31 Å². The van der Waals surface area contributed by atoms with Gasteiger partial charge >= 0.3 is 0 Å². The third-order valence-corrected chi connectivity index (χ3v) is 10.7. The Morgan fingerprint density at radius 3 is 2.35 bits per heavy atom. The molecule has 0 spiro atoms. The van der Waals surface area contributed by atoms with Crippen molar-refractivity contribution in [1.82, 2.24) is 19.5 Å². The van der Waals surface area contributed by atoms with E-state index in [4.69, 9.17) is 26.2 Å². The molecule has 0 unspecified atom stereocenters. The van der Waals surface area contributed by atoms with Crippen LogP contribution in [0.15, 0.2) is 70.8 Å². The summed E-state index contributed by atoms with van der Waals surface area (Å²) in [6.45, 7) is 6.55. The van der Waals surface area contributed by atoms with E-state index in [1.54, 1.807) is 31.2 Å². The van der Waals surface area contributed by atoms with Gasteiger partial charge < -0.3 is 9.47 Å². The molecule has 1 aromatic heterocycles. The van der Waals surface area contributed by atoms with Crippen molar-refractivity contribution in [1.29, 1.82) is 0 Å². The van der Waals surface area contributed by atoms with Crippen molar-refractivity contribution >= 4 is 33.7 Å². The average molecular weight is 664 g/mol. The minimum Gasteiger partial charge on any atom is -0.493 e. The number of carbonyl (C=O) groups excluding carboxylic acids is 1. The van der Waals surface area contributed by atoms with E-state index >= 15 is 0 Å². The fourth-order valence-electron chi connectivity index (χ4n) is 5.94. The van der Waals surface area contributed by atoms with Gasteiger partial charge in [-0.15, -0.1) is 0 Å². The Hall–Kier alpha value is -4.19. The number of hydrogen-bond acceptors (Lipinski definition) is 7. The van der Waals surface area contributed by atoms with E-state index in [2.05, 4.69) is 10.5 Å². The number of aromatic nitrogens is 2. The van der Waals surface area contributed by atoms with Crippen LogP contribution in [0, 0.1) is 26.7 Å². The van der Waals surface area contributed by atoms with Crippen LogP contribution >= 0.6 is 11.6 Å². The van der Waals surface area contributed by atoms with Gasteiger partial charge in [-0.05, 0) is 74.6 Å². The third kappa shape index (κ3) is 7.11. The average Bonchev–Trinajstić information content (AvgIpc) is 3.43. The van der Waals surface area contributed by atoms with Gasteiger partial charge in [0.1, 0.15) is 5.69 Å². The van der Waals surface area contributed by atoms with E-state index in [9.17, 15) is 13.2 Å². The lowest BCUT2D eigenvalue weighted by atomic mass is 9.98. The molecule has 1 aliphatic rings. The van der Waals surface area contributed by atoms with Gasteiger partial charge in [0, 0.05) is 41.4 Å². The highest BCUT2D eigenvalue weighted by molar-refractivity contribution is 7.89. The number of nitrogens with zero attached hydrogens (tertiary/aromatic N) is 4. The largest absolute Gasteiger partial charge is 0.493 e. The number of hydrogen-bond donors (Lipinski definition) is 1. The minimum absolute atomic E-state index is 0.257. The predicted octanol–water partition coefficient (Wildman–Crippen LogP) is 5.75. The van der Waals surface area contributed by atoms with Gasteiger partial charge in [-0.3, -0.25) is 9.48 Å². The molecule has 242 valence electrons. The summed E-state index contributed by atoms with van der Waals surface area (Å²) in [6, 6.07) is 16.8. The highest BCUT2D eigenvalue weighted by atomic mass is 35.5. The summed E-state index contributed by atoms with van der Waals surface area (Å²) in [7, 11) is -0.524. The molecule has 5 rings (SSSR count). The molecule has 1 fully saturated rings. The van der Waals surface area contributed by atoms with Crippen LogP contribution in [-0.2, 0) is 21.4 Å². The zero-order valence-corrected chi connectivity index (χ0v) is 28.2. The Kier molecular flexibility index (Phi) is 10.1. The quantitative estimate of drug-likeness (QED) is 0.171. The fraction of sp³-hybridized carbons (Fsp3) is 0.324. The SMILES string of the molecule is COc1ccc(-c2nn(Cc3ccccc3Cl)cc2/C=N/NC(=O)C2CCN(S(=O)(=O)c3c(C)cc(C)cc3C)CC2)cc1OC. The number of aryl methyl sites for hydroxylation is 3. The number of hydrazone groups is 1. The zero-order chi connectivity index (χ0) is 33.0. The number of piperidine rings is 1. The number of sulfonamides is 1. The molecule has 0 bridgehead atoms. The highest BCUT2D eigenvalue weighted by Gasteiger charge is 2.33. The van der Waals surface area contributed by atoms with Crippen LogP contribution in [0.3, 0.4) is 0 Å². The molecule has 0 saturated carbocycles. The second-order valence-corrected chi connectivity index (χ2v) is 13.7.